The SMILES string of the molecule is CC/C=C\C/C=C\C/C=C\C/C=C\C/C=C\CCCC(=O)Nc1ccc(O)c(CO)c1. The molecule has 4 nitrogen and oxygen atoms in total. The van der Waals surface area contributed by atoms with Crippen molar-refractivity contribution < 1.29 is 15.0 Å². The first-order valence-electron chi connectivity index (χ1n) is 11.1. The monoisotopic (exact) mass is 423 g/mol. The molecule has 1 aromatic rings. The van der Waals surface area contributed by atoms with Gasteiger partial charge in [0, 0.05) is 17.7 Å². The Balaban J connectivity index is 2.07. The Morgan fingerprint density at radius 2 is 1.42 bits per heavy atom. The molecule has 0 bridgehead atoms. The third-order valence-corrected chi connectivity index (χ3v) is 4.47. The van der Waals surface area contributed by atoms with Crippen LogP contribution in [0.4, 0.5) is 5.69 Å². The van der Waals surface area contributed by atoms with Gasteiger partial charge in [-0.15, -0.1) is 0 Å². The van der Waals surface area contributed by atoms with E-state index in [1.54, 1.807) is 12.1 Å². The summed E-state index contributed by atoms with van der Waals surface area (Å²) in [7, 11) is 0. The van der Waals surface area contributed by atoms with Crippen molar-refractivity contribution in [3.63, 3.8) is 0 Å². The average Bonchev–Trinajstić information content (AvgIpc) is 2.77. The first kappa shape index (κ1) is 26.2. The second-order valence-electron chi connectivity index (χ2n) is 7.15. The Labute approximate surface area is 187 Å². The van der Waals surface area contributed by atoms with E-state index in [4.69, 9.17) is 5.11 Å². The van der Waals surface area contributed by atoms with Crippen molar-refractivity contribution in [1.82, 2.24) is 0 Å². The number of hydrogen-bond donors (Lipinski definition) is 3. The number of aliphatic hydroxyl groups excluding tert-OH is 1. The number of rotatable bonds is 15. The highest BCUT2D eigenvalue weighted by molar-refractivity contribution is 5.90. The second kappa shape index (κ2) is 18.0. The number of aromatic hydroxyl groups is 1. The molecular weight excluding hydrogens is 386 g/mol. The summed E-state index contributed by atoms with van der Waals surface area (Å²) in [6.45, 7) is 1.88. The van der Waals surface area contributed by atoms with Crippen molar-refractivity contribution in [2.24, 2.45) is 0 Å². The molecule has 0 aromatic heterocycles. The minimum absolute atomic E-state index is 0.0268. The number of anilines is 1. The molecule has 1 aromatic carbocycles. The van der Waals surface area contributed by atoms with E-state index in [-0.39, 0.29) is 18.3 Å². The van der Waals surface area contributed by atoms with Crippen LogP contribution in [0.2, 0.25) is 0 Å². The molecular formula is C27H37NO3. The lowest BCUT2D eigenvalue weighted by Gasteiger charge is -2.07. The Morgan fingerprint density at radius 3 is 1.97 bits per heavy atom. The lowest BCUT2D eigenvalue weighted by atomic mass is 10.1. The van der Waals surface area contributed by atoms with Gasteiger partial charge >= 0.3 is 0 Å². The molecule has 0 aliphatic carbocycles. The molecule has 0 saturated heterocycles. The average molecular weight is 424 g/mol. The van der Waals surface area contributed by atoms with Gasteiger partial charge in [-0.25, -0.2) is 0 Å². The van der Waals surface area contributed by atoms with Crippen molar-refractivity contribution in [3.8, 4) is 5.75 Å². The fourth-order valence-corrected chi connectivity index (χ4v) is 2.76. The van der Waals surface area contributed by atoms with Crippen molar-refractivity contribution in [2.75, 3.05) is 5.32 Å². The van der Waals surface area contributed by atoms with Gasteiger partial charge in [-0.1, -0.05) is 67.7 Å². The molecule has 0 unspecified atom stereocenters. The van der Waals surface area contributed by atoms with Crippen LogP contribution < -0.4 is 5.32 Å². The van der Waals surface area contributed by atoms with Gasteiger partial charge in [0.2, 0.25) is 5.91 Å². The second-order valence-corrected chi connectivity index (χ2v) is 7.15. The molecule has 1 amide bonds. The number of unbranched alkanes of at least 4 members (excludes halogenated alkanes) is 1. The highest BCUT2D eigenvalue weighted by atomic mass is 16.3. The molecule has 1 rings (SSSR count). The molecule has 0 aliphatic rings. The van der Waals surface area contributed by atoms with Crippen molar-refractivity contribution in [3.05, 3.63) is 84.5 Å². The molecule has 4 heteroatoms. The Bertz CT molecular complexity index is 773. The third-order valence-electron chi connectivity index (χ3n) is 4.47. The highest BCUT2D eigenvalue weighted by Gasteiger charge is 2.05. The van der Waals surface area contributed by atoms with Crippen LogP contribution in [-0.4, -0.2) is 16.1 Å². The first-order valence-corrected chi connectivity index (χ1v) is 11.1. The zero-order valence-corrected chi connectivity index (χ0v) is 18.7. The lowest BCUT2D eigenvalue weighted by molar-refractivity contribution is -0.116. The van der Waals surface area contributed by atoms with Crippen LogP contribution in [-0.2, 0) is 11.4 Å². The number of allylic oxidation sites excluding steroid dienone is 10. The molecule has 3 N–H and O–H groups in total. The fraction of sp³-hybridized carbons (Fsp3) is 0.370. The zero-order valence-electron chi connectivity index (χ0n) is 18.7. The van der Waals surface area contributed by atoms with Gasteiger partial charge in [0.05, 0.1) is 6.61 Å². The predicted octanol–water partition coefficient (Wildman–Crippen LogP) is 6.74. The number of aliphatic hydroxyl groups is 1. The van der Waals surface area contributed by atoms with E-state index >= 15 is 0 Å². The third kappa shape index (κ3) is 13.9. The van der Waals surface area contributed by atoms with Gasteiger partial charge in [0.1, 0.15) is 5.75 Å². The van der Waals surface area contributed by atoms with E-state index in [2.05, 4.69) is 73.0 Å². The normalized spacial score (nSPS) is 12.3. The summed E-state index contributed by atoms with van der Waals surface area (Å²) in [6, 6.07) is 4.67. The summed E-state index contributed by atoms with van der Waals surface area (Å²) < 4.78 is 0. The van der Waals surface area contributed by atoms with Crippen molar-refractivity contribution >= 4 is 11.6 Å². The predicted molar refractivity (Wildman–Crippen MR) is 131 cm³/mol. The number of hydrogen-bond acceptors (Lipinski definition) is 3. The summed E-state index contributed by atoms with van der Waals surface area (Å²) in [5.74, 6) is -0.0409. The quantitative estimate of drug-likeness (QED) is 0.166. The first-order chi connectivity index (χ1) is 15.2. The van der Waals surface area contributed by atoms with Crippen molar-refractivity contribution in [1.29, 1.82) is 0 Å². The van der Waals surface area contributed by atoms with Crippen LogP contribution in [0.15, 0.2) is 79.0 Å². The molecule has 0 spiro atoms. The topological polar surface area (TPSA) is 69.6 Å². The highest BCUT2D eigenvalue weighted by Crippen LogP contribution is 2.21. The number of nitrogens with one attached hydrogen (secondary N) is 1. The molecule has 0 fully saturated rings. The minimum Gasteiger partial charge on any atom is -0.508 e. The Hall–Kier alpha value is -2.85. The maximum Gasteiger partial charge on any atom is 0.224 e. The van der Waals surface area contributed by atoms with Gasteiger partial charge in [-0.3, -0.25) is 4.79 Å². The maximum absolute atomic E-state index is 12.0. The number of phenols is 1. The van der Waals surface area contributed by atoms with Gasteiger partial charge in [-0.05, 0) is 63.1 Å². The van der Waals surface area contributed by atoms with Gasteiger partial charge in [0.15, 0.2) is 0 Å². The Kier molecular flexibility index (Phi) is 15.2. The zero-order chi connectivity index (χ0) is 22.6. The number of carbonyl (C=O) groups is 1. The molecule has 0 atom stereocenters. The summed E-state index contributed by atoms with van der Waals surface area (Å²) in [5.41, 5.74) is 0.985. The van der Waals surface area contributed by atoms with Crippen LogP contribution in [0.25, 0.3) is 0 Å². The molecule has 0 saturated carbocycles. The molecule has 0 radical (unpaired) electrons. The summed E-state index contributed by atoms with van der Waals surface area (Å²) >= 11 is 0. The van der Waals surface area contributed by atoms with Crippen molar-refractivity contribution in [2.45, 2.75) is 64.9 Å². The Morgan fingerprint density at radius 1 is 0.871 bits per heavy atom. The molecule has 0 heterocycles. The number of amides is 1. The van der Waals surface area contributed by atoms with Crippen LogP contribution >= 0.6 is 0 Å². The van der Waals surface area contributed by atoms with E-state index in [1.165, 1.54) is 6.07 Å². The summed E-state index contributed by atoms with van der Waals surface area (Å²) in [5, 5.41) is 21.5. The smallest absolute Gasteiger partial charge is 0.224 e. The standard InChI is InChI=1S/C27H37NO3/c1-2-3-4-5-6-7-8-9-10-11-12-13-14-15-16-17-18-19-27(31)28-25-20-21-26(30)24(22-25)23-29/h3-4,6-7,9-10,12-13,15-16,20-22,29-30H,2,5,8,11,14,17-19,23H2,1H3,(H,28,31)/b4-3-,7-6-,10-9-,13-12-,16-15-. The van der Waals surface area contributed by atoms with E-state index in [1.807, 2.05) is 0 Å². The van der Waals surface area contributed by atoms with Crippen LogP contribution in [0.3, 0.4) is 0 Å². The maximum atomic E-state index is 12.0. The number of benzene rings is 1. The largest absolute Gasteiger partial charge is 0.508 e. The van der Waals surface area contributed by atoms with E-state index < -0.39 is 0 Å². The van der Waals surface area contributed by atoms with Crippen LogP contribution in [0, 0.1) is 0 Å². The fourth-order valence-electron chi connectivity index (χ4n) is 2.76. The van der Waals surface area contributed by atoms with Gasteiger partial charge in [-0.2, -0.15) is 0 Å². The number of carbonyl (C=O) groups excluding carboxylic acids is 1. The summed E-state index contributed by atoms with van der Waals surface area (Å²) in [4.78, 5) is 12.0. The summed E-state index contributed by atoms with van der Waals surface area (Å²) in [6.07, 6.45) is 28.7. The van der Waals surface area contributed by atoms with Gasteiger partial charge < -0.3 is 15.5 Å². The van der Waals surface area contributed by atoms with E-state index in [9.17, 15) is 9.90 Å². The van der Waals surface area contributed by atoms with Gasteiger partial charge in [0.25, 0.3) is 0 Å². The van der Waals surface area contributed by atoms with Crippen LogP contribution in [0.1, 0.15) is 63.9 Å². The lowest BCUT2D eigenvalue weighted by Crippen LogP contribution is -2.11. The van der Waals surface area contributed by atoms with Crippen LogP contribution in [0.5, 0.6) is 5.75 Å². The van der Waals surface area contributed by atoms with E-state index in [0.717, 1.165) is 44.9 Å². The molecule has 168 valence electrons. The minimum atomic E-state index is -0.264. The molecule has 0 aliphatic heterocycles. The molecule has 31 heavy (non-hydrogen) atoms. The van der Waals surface area contributed by atoms with E-state index in [0.29, 0.717) is 17.7 Å².